The minimum absolute atomic E-state index is 0.364. The number of benzene rings is 1. The Labute approximate surface area is 131 Å². The number of para-hydroxylation sites is 2. The zero-order valence-electron chi connectivity index (χ0n) is 12.4. The summed E-state index contributed by atoms with van der Waals surface area (Å²) in [6.07, 6.45) is 3.49. The van der Waals surface area contributed by atoms with E-state index >= 15 is 0 Å². The Morgan fingerprint density at radius 3 is 2.83 bits per heavy atom. The van der Waals surface area contributed by atoms with Crippen molar-refractivity contribution in [1.29, 1.82) is 0 Å². The van der Waals surface area contributed by atoms with Gasteiger partial charge in [-0.15, -0.1) is 0 Å². The van der Waals surface area contributed by atoms with Crippen molar-refractivity contribution < 1.29 is 4.74 Å². The minimum atomic E-state index is 0.364. The van der Waals surface area contributed by atoms with E-state index in [0.717, 1.165) is 16.6 Å². The van der Waals surface area contributed by atoms with Gasteiger partial charge in [-0.1, -0.05) is 23.3 Å². The van der Waals surface area contributed by atoms with E-state index in [4.69, 9.17) is 4.74 Å². The summed E-state index contributed by atoms with van der Waals surface area (Å²) in [7, 11) is 1.77. The fourth-order valence-electron chi connectivity index (χ4n) is 2.34. The Morgan fingerprint density at radius 1 is 1.13 bits per heavy atom. The smallest absolute Gasteiger partial charge is 0.304 e. The molecule has 0 N–H and O–H groups in total. The molecular weight excluding hydrogens is 294 g/mol. The van der Waals surface area contributed by atoms with Gasteiger partial charge >= 0.3 is 6.01 Å². The highest BCUT2D eigenvalue weighted by Gasteiger charge is 2.17. The van der Waals surface area contributed by atoms with E-state index in [1.807, 2.05) is 36.4 Å². The third-order valence-corrected chi connectivity index (χ3v) is 3.42. The van der Waals surface area contributed by atoms with Gasteiger partial charge in [-0.2, -0.15) is 4.98 Å². The Bertz CT molecular complexity index is 945. The summed E-state index contributed by atoms with van der Waals surface area (Å²) >= 11 is 0. The van der Waals surface area contributed by atoms with Gasteiger partial charge in [0.15, 0.2) is 0 Å². The summed E-state index contributed by atoms with van der Waals surface area (Å²) in [6, 6.07) is 12.0. The molecule has 3 aromatic heterocycles. The van der Waals surface area contributed by atoms with E-state index in [2.05, 4.69) is 25.5 Å². The van der Waals surface area contributed by atoms with Crippen molar-refractivity contribution in [2.45, 2.75) is 6.61 Å². The first-order chi connectivity index (χ1) is 11.3. The second kappa shape index (κ2) is 5.48. The summed E-state index contributed by atoms with van der Waals surface area (Å²) in [6.45, 7) is 0.364. The molecule has 4 aromatic rings. The Morgan fingerprint density at radius 2 is 2.04 bits per heavy atom. The van der Waals surface area contributed by atoms with Crippen LogP contribution in [0.25, 0.3) is 17.0 Å². The first kappa shape index (κ1) is 13.4. The molecule has 114 valence electrons. The first-order valence-electron chi connectivity index (χ1n) is 7.05. The molecule has 0 aliphatic rings. The van der Waals surface area contributed by atoms with Crippen molar-refractivity contribution in [2.24, 2.45) is 7.05 Å². The molecule has 0 spiro atoms. The quantitative estimate of drug-likeness (QED) is 0.568. The molecule has 8 heteroatoms. The third-order valence-electron chi connectivity index (χ3n) is 3.42. The van der Waals surface area contributed by atoms with Crippen molar-refractivity contribution >= 4 is 11.0 Å². The van der Waals surface area contributed by atoms with Crippen molar-refractivity contribution in [3.8, 4) is 12.0 Å². The molecule has 0 aliphatic carbocycles. The summed E-state index contributed by atoms with van der Waals surface area (Å²) in [5, 5.41) is 11.6. The minimum Gasteiger partial charge on any atom is -0.459 e. The average molecular weight is 307 g/mol. The van der Waals surface area contributed by atoms with Crippen LogP contribution in [-0.2, 0) is 13.7 Å². The number of hydrogen-bond donors (Lipinski definition) is 0. The maximum atomic E-state index is 5.89. The lowest BCUT2D eigenvalue weighted by atomic mass is 10.3. The van der Waals surface area contributed by atoms with E-state index in [9.17, 15) is 0 Å². The number of ether oxygens (including phenoxy) is 1. The number of rotatable bonds is 4. The molecule has 0 radical (unpaired) electrons. The van der Waals surface area contributed by atoms with Crippen molar-refractivity contribution in [3.05, 3.63) is 54.4 Å². The molecule has 0 atom stereocenters. The van der Waals surface area contributed by atoms with E-state index in [-0.39, 0.29) is 0 Å². The van der Waals surface area contributed by atoms with Crippen LogP contribution < -0.4 is 4.74 Å². The Kier molecular flexibility index (Phi) is 3.19. The zero-order valence-corrected chi connectivity index (χ0v) is 12.4. The Hall–Kier alpha value is -3.29. The molecule has 0 amide bonds. The molecule has 3 heterocycles. The molecule has 0 bridgehead atoms. The van der Waals surface area contributed by atoms with Crippen molar-refractivity contribution in [3.63, 3.8) is 0 Å². The molecule has 0 fully saturated rings. The summed E-state index contributed by atoms with van der Waals surface area (Å²) < 4.78 is 9.26. The molecule has 0 saturated heterocycles. The van der Waals surface area contributed by atoms with Gasteiger partial charge in [-0.05, 0) is 28.6 Å². The highest BCUT2D eigenvalue weighted by atomic mass is 16.5. The van der Waals surface area contributed by atoms with Gasteiger partial charge in [0, 0.05) is 25.0 Å². The molecular formula is C15H13N7O. The SMILES string of the molecule is Cn1nnnc1-n1c(OCc2cccnc2)nc2ccccc21. The number of aryl methyl sites for hydroxylation is 1. The highest BCUT2D eigenvalue weighted by molar-refractivity contribution is 5.78. The second-order valence-electron chi connectivity index (χ2n) is 4.97. The van der Waals surface area contributed by atoms with Crippen LogP contribution >= 0.6 is 0 Å². The molecule has 0 aliphatic heterocycles. The standard InChI is InChI=1S/C15H13N7O/c1-21-14(18-19-20-21)22-13-7-3-2-6-12(13)17-15(22)23-10-11-5-4-8-16-9-11/h2-9H,10H2,1H3. The summed E-state index contributed by atoms with van der Waals surface area (Å²) in [5.74, 6) is 0.542. The molecule has 1 aromatic carbocycles. The van der Waals surface area contributed by atoms with Crippen LogP contribution in [-0.4, -0.2) is 34.7 Å². The normalized spacial score (nSPS) is 11.0. The third kappa shape index (κ3) is 2.39. The zero-order chi connectivity index (χ0) is 15.6. The van der Waals surface area contributed by atoms with Gasteiger partial charge in [0.1, 0.15) is 6.61 Å². The number of aromatic nitrogens is 7. The van der Waals surface area contributed by atoms with Crippen LogP contribution in [0.3, 0.4) is 0 Å². The maximum Gasteiger partial charge on any atom is 0.304 e. The van der Waals surface area contributed by atoms with Gasteiger partial charge in [-0.3, -0.25) is 4.98 Å². The number of hydrogen-bond acceptors (Lipinski definition) is 6. The number of imidazole rings is 1. The van der Waals surface area contributed by atoms with E-state index in [0.29, 0.717) is 18.6 Å². The fraction of sp³-hybridized carbons (Fsp3) is 0.133. The van der Waals surface area contributed by atoms with E-state index in [1.54, 1.807) is 28.7 Å². The van der Waals surface area contributed by atoms with Crippen LogP contribution in [0.2, 0.25) is 0 Å². The molecule has 8 nitrogen and oxygen atoms in total. The summed E-state index contributed by atoms with van der Waals surface area (Å²) in [4.78, 5) is 8.62. The second-order valence-corrected chi connectivity index (χ2v) is 4.97. The monoisotopic (exact) mass is 307 g/mol. The van der Waals surface area contributed by atoms with E-state index < -0.39 is 0 Å². The fourth-order valence-corrected chi connectivity index (χ4v) is 2.34. The lowest BCUT2D eigenvalue weighted by molar-refractivity contribution is 0.276. The van der Waals surface area contributed by atoms with Crippen LogP contribution in [0.4, 0.5) is 0 Å². The molecule has 0 saturated carbocycles. The first-order valence-corrected chi connectivity index (χ1v) is 7.05. The number of pyridine rings is 1. The van der Waals surface area contributed by atoms with Crippen LogP contribution in [0.5, 0.6) is 6.01 Å². The van der Waals surface area contributed by atoms with E-state index in [1.165, 1.54) is 0 Å². The lowest BCUT2D eigenvalue weighted by Crippen LogP contribution is -2.08. The van der Waals surface area contributed by atoms with Crippen LogP contribution in [0.15, 0.2) is 48.8 Å². The van der Waals surface area contributed by atoms with Gasteiger partial charge in [-0.25, -0.2) is 9.25 Å². The van der Waals surface area contributed by atoms with Gasteiger partial charge in [0.2, 0.25) is 0 Å². The summed E-state index contributed by atoms with van der Waals surface area (Å²) in [5.41, 5.74) is 2.66. The number of nitrogens with zero attached hydrogens (tertiary/aromatic N) is 7. The number of tetrazole rings is 1. The van der Waals surface area contributed by atoms with Gasteiger partial charge in [0.05, 0.1) is 11.0 Å². The molecule has 0 unspecified atom stereocenters. The Balaban J connectivity index is 1.78. The highest BCUT2D eigenvalue weighted by Crippen LogP contribution is 2.25. The number of fused-ring (bicyclic) bond motifs is 1. The topological polar surface area (TPSA) is 83.5 Å². The maximum absolute atomic E-state index is 5.89. The predicted octanol–water partition coefficient (Wildman–Crippen LogP) is 1.52. The van der Waals surface area contributed by atoms with Crippen LogP contribution in [0.1, 0.15) is 5.56 Å². The molecule has 23 heavy (non-hydrogen) atoms. The largest absolute Gasteiger partial charge is 0.459 e. The van der Waals surface area contributed by atoms with Crippen molar-refractivity contribution in [1.82, 2.24) is 34.7 Å². The van der Waals surface area contributed by atoms with Gasteiger partial charge in [0.25, 0.3) is 5.95 Å². The molecule has 4 rings (SSSR count). The van der Waals surface area contributed by atoms with Crippen LogP contribution in [0, 0.1) is 0 Å². The lowest BCUT2D eigenvalue weighted by Gasteiger charge is -2.08. The predicted molar refractivity (Wildman–Crippen MR) is 82.0 cm³/mol. The van der Waals surface area contributed by atoms with Gasteiger partial charge < -0.3 is 4.74 Å². The average Bonchev–Trinajstić information content (AvgIpc) is 3.16. The van der Waals surface area contributed by atoms with Crippen molar-refractivity contribution in [2.75, 3.05) is 0 Å².